The van der Waals surface area contributed by atoms with Gasteiger partial charge in [-0.15, -0.1) is 0 Å². The second-order valence-corrected chi connectivity index (χ2v) is 6.81. The Morgan fingerprint density at radius 3 is 2.36 bits per heavy atom. The minimum atomic E-state index is 0.376. The van der Waals surface area contributed by atoms with Crippen LogP contribution in [-0.4, -0.2) is 3.90 Å². The standard InChI is InChI=1S/C13H20.W/c1-6-7-11-8-9-13(5,10-11)12(2,3)4;/h6-7H,1,8-9H2,2-5H3;. The van der Waals surface area contributed by atoms with Crippen LogP contribution in [0.4, 0.5) is 0 Å². The van der Waals surface area contributed by atoms with Gasteiger partial charge in [-0.25, -0.2) is 0 Å². The monoisotopic (exact) mass is 360 g/mol. The SMILES string of the molecule is C=CC=C1CCC(C)(C(C)(C)C)[C]1=[W]. The molecule has 1 rings (SSSR count). The van der Waals surface area contributed by atoms with E-state index >= 15 is 0 Å². The Bertz CT molecular complexity index is 291. The van der Waals surface area contributed by atoms with Crippen molar-refractivity contribution in [1.29, 1.82) is 0 Å². The van der Waals surface area contributed by atoms with Crippen LogP contribution in [-0.2, 0) is 19.4 Å². The average molecular weight is 360 g/mol. The van der Waals surface area contributed by atoms with Gasteiger partial charge in [0.1, 0.15) is 0 Å². The van der Waals surface area contributed by atoms with Crippen molar-refractivity contribution in [3.8, 4) is 0 Å². The summed E-state index contributed by atoms with van der Waals surface area (Å²) in [5, 5.41) is 0. The predicted octanol–water partition coefficient (Wildman–Crippen LogP) is 3.66. The van der Waals surface area contributed by atoms with E-state index in [4.69, 9.17) is 0 Å². The van der Waals surface area contributed by atoms with Gasteiger partial charge < -0.3 is 0 Å². The first-order valence-corrected chi connectivity index (χ1v) is 6.66. The summed E-state index contributed by atoms with van der Waals surface area (Å²) in [5.74, 6) is 0. The zero-order valence-electron chi connectivity index (χ0n) is 9.68. The average Bonchev–Trinajstić information content (AvgIpc) is 2.33. The number of hydrogen-bond donors (Lipinski definition) is 0. The molecule has 0 nitrogen and oxygen atoms in total. The molecule has 1 fully saturated rings. The summed E-state index contributed by atoms with van der Waals surface area (Å²) in [6.07, 6.45) is 6.65. The Hall–Kier alpha value is 0.0383. The van der Waals surface area contributed by atoms with E-state index in [1.807, 2.05) is 6.08 Å². The van der Waals surface area contributed by atoms with Crippen LogP contribution in [0.3, 0.4) is 0 Å². The zero-order chi connectivity index (χ0) is 11.0. The van der Waals surface area contributed by atoms with Crippen LogP contribution in [0, 0.1) is 10.8 Å². The van der Waals surface area contributed by atoms with Crippen molar-refractivity contribution in [2.75, 3.05) is 0 Å². The van der Waals surface area contributed by atoms with Crippen LogP contribution in [0.15, 0.2) is 24.3 Å². The molecule has 1 unspecified atom stereocenters. The van der Waals surface area contributed by atoms with Crippen molar-refractivity contribution in [3.63, 3.8) is 0 Å². The summed E-state index contributed by atoms with van der Waals surface area (Å²) < 4.78 is 1.64. The van der Waals surface area contributed by atoms with E-state index < -0.39 is 0 Å². The van der Waals surface area contributed by atoms with Gasteiger partial charge in [-0.1, -0.05) is 0 Å². The van der Waals surface area contributed by atoms with Gasteiger partial charge in [0.05, 0.1) is 0 Å². The van der Waals surface area contributed by atoms with E-state index in [1.54, 1.807) is 23.3 Å². The van der Waals surface area contributed by atoms with Crippen LogP contribution in [0.2, 0.25) is 0 Å². The van der Waals surface area contributed by atoms with Crippen molar-refractivity contribution in [2.24, 2.45) is 10.8 Å². The van der Waals surface area contributed by atoms with Gasteiger partial charge in [-0.05, 0) is 0 Å². The number of rotatable bonds is 1. The molecule has 78 valence electrons. The topological polar surface area (TPSA) is 0 Å². The second-order valence-electron chi connectivity index (χ2n) is 5.34. The van der Waals surface area contributed by atoms with Crippen LogP contribution in [0.25, 0.3) is 0 Å². The van der Waals surface area contributed by atoms with Gasteiger partial charge in [0.2, 0.25) is 0 Å². The first-order chi connectivity index (χ1) is 6.33. The summed E-state index contributed by atoms with van der Waals surface area (Å²) in [4.78, 5) is 0. The first kappa shape index (κ1) is 12.1. The van der Waals surface area contributed by atoms with E-state index in [1.165, 1.54) is 18.4 Å². The van der Waals surface area contributed by atoms with Crippen LogP contribution < -0.4 is 0 Å². The zero-order valence-corrected chi connectivity index (χ0v) is 12.6. The molecule has 0 aromatic heterocycles. The van der Waals surface area contributed by atoms with Gasteiger partial charge >= 0.3 is 98.9 Å². The molecular weight excluding hydrogens is 340 g/mol. The third-order valence-corrected chi connectivity index (χ3v) is 6.22. The number of allylic oxidation sites excluding steroid dienone is 3. The molecule has 0 aliphatic heterocycles. The molecule has 14 heavy (non-hydrogen) atoms. The van der Waals surface area contributed by atoms with Crippen LogP contribution >= 0.6 is 0 Å². The molecule has 0 spiro atoms. The maximum absolute atomic E-state index is 3.79. The normalized spacial score (nSPS) is 31.1. The fourth-order valence-electron chi connectivity index (χ4n) is 1.98. The molecule has 1 aliphatic rings. The van der Waals surface area contributed by atoms with Crippen molar-refractivity contribution in [3.05, 3.63) is 24.3 Å². The van der Waals surface area contributed by atoms with Crippen LogP contribution in [0.5, 0.6) is 0 Å². The van der Waals surface area contributed by atoms with Gasteiger partial charge in [-0.3, -0.25) is 0 Å². The minimum absolute atomic E-state index is 0.376. The van der Waals surface area contributed by atoms with Gasteiger partial charge in [0.25, 0.3) is 0 Å². The van der Waals surface area contributed by atoms with E-state index in [-0.39, 0.29) is 0 Å². The fraction of sp³-hybridized carbons (Fsp3) is 0.615. The molecule has 0 radical (unpaired) electrons. The quantitative estimate of drug-likeness (QED) is 0.670. The van der Waals surface area contributed by atoms with Crippen LogP contribution in [0.1, 0.15) is 40.5 Å². The van der Waals surface area contributed by atoms with Crippen molar-refractivity contribution >= 4 is 3.90 Å². The summed E-state index contributed by atoms with van der Waals surface area (Å²) in [6.45, 7) is 13.3. The summed E-state index contributed by atoms with van der Waals surface area (Å²) in [6, 6.07) is 0. The van der Waals surface area contributed by atoms with Gasteiger partial charge in [-0.2, -0.15) is 0 Å². The molecule has 1 heteroatoms. The Balaban J connectivity index is 3.04. The molecule has 0 aromatic carbocycles. The Labute approximate surface area is 98.9 Å². The fourth-order valence-corrected chi connectivity index (χ4v) is 4.06. The van der Waals surface area contributed by atoms with E-state index in [0.29, 0.717) is 10.8 Å². The van der Waals surface area contributed by atoms with Crippen molar-refractivity contribution in [2.45, 2.75) is 40.5 Å². The summed E-state index contributed by atoms with van der Waals surface area (Å²) in [7, 11) is 0. The predicted molar refractivity (Wildman–Crippen MR) is 60.1 cm³/mol. The molecular formula is C13H20W. The molecule has 0 amide bonds. The third kappa shape index (κ3) is 1.87. The molecule has 0 saturated heterocycles. The summed E-state index contributed by atoms with van der Waals surface area (Å²) >= 11 is 1.63. The van der Waals surface area contributed by atoms with Crippen molar-refractivity contribution in [1.82, 2.24) is 0 Å². The second kappa shape index (κ2) is 3.89. The molecule has 0 bridgehead atoms. The Kier molecular flexibility index (Phi) is 3.37. The van der Waals surface area contributed by atoms with Crippen molar-refractivity contribution < 1.29 is 19.4 Å². The van der Waals surface area contributed by atoms with Gasteiger partial charge in [0.15, 0.2) is 0 Å². The molecule has 0 N–H and O–H groups in total. The molecule has 1 atom stereocenters. The third-order valence-electron chi connectivity index (χ3n) is 3.66. The molecule has 0 aromatic rings. The maximum atomic E-state index is 3.79. The van der Waals surface area contributed by atoms with E-state index in [0.717, 1.165) is 0 Å². The summed E-state index contributed by atoms with van der Waals surface area (Å²) in [5.41, 5.74) is 2.31. The molecule has 1 saturated carbocycles. The molecule has 0 heterocycles. The first-order valence-electron chi connectivity index (χ1n) is 5.19. The van der Waals surface area contributed by atoms with Gasteiger partial charge in [0, 0.05) is 0 Å². The molecule has 1 aliphatic carbocycles. The Morgan fingerprint density at radius 2 is 2.00 bits per heavy atom. The Morgan fingerprint density at radius 1 is 1.43 bits per heavy atom. The number of hydrogen-bond acceptors (Lipinski definition) is 0. The van der Waals surface area contributed by atoms with E-state index in [2.05, 4.69) is 40.3 Å². The van der Waals surface area contributed by atoms with E-state index in [9.17, 15) is 0 Å².